The lowest BCUT2D eigenvalue weighted by molar-refractivity contribution is -0.158. The van der Waals surface area contributed by atoms with E-state index >= 15 is 0 Å². The van der Waals surface area contributed by atoms with Crippen LogP contribution in [0.2, 0.25) is 0 Å². The van der Waals surface area contributed by atoms with E-state index in [0.29, 0.717) is 17.0 Å². The number of aromatic amines is 1. The number of tetrazole rings is 1. The van der Waals surface area contributed by atoms with Gasteiger partial charge in [0, 0.05) is 22.4 Å². The second-order valence-electron chi connectivity index (χ2n) is 9.08. The monoisotopic (exact) mass is 471 g/mol. The number of fused-ring (bicyclic) bond motifs is 3. The van der Waals surface area contributed by atoms with Gasteiger partial charge < -0.3 is 9.15 Å². The van der Waals surface area contributed by atoms with Gasteiger partial charge in [-0.25, -0.2) is 8.42 Å². The van der Waals surface area contributed by atoms with Gasteiger partial charge in [0.2, 0.25) is 15.8 Å². The average Bonchev–Trinajstić information content (AvgIpc) is 3.37. The van der Waals surface area contributed by atoms with E-state index in [1.807, 2.05) is 6.07 Å². The predicted molar refractivity (Wildman–Crippen MR) is 122 cm³/mol. The molecule has 0 radical (unpaired) electrons. The highest BCUT2D eigenvalue weighted by molar-refractivity contribution is 7.89. The molecule has 1 atom stereocenters. The summed E-state index contributed by atoms with van der Waals surface area (Å²) in [6.45, 7) is 8.70. The number of benzene rings is 2. The normalized spacial score (nSPS) is 13.6. The van der Waals surface area contributed by atoms with Crippen molar-refractivity contribution in [1.29, 1.82) is 0 Å². The van der Waals surface area contributed by atoms with Gasteiger partial charge in [0.25, 0.3) is 0 Å². The Hall–Kier alpha value is -3.31. The number of carbonyl (C=O) groups is 1. The Kier molecular flexibility index (Phi) is 5.71. The minimum atomic E-state index is -4.02. The molecule has 33 heavy (non-hydrogen) atoms. The number of rotatable bonds is 6. The van der Waals surface area contributed by atoms with Crippen molar-refractivity contribution in [2.45, 2.75) is 51.2 Å². The third-order valence-electron chi connectivity index (χ3n) is 4.97. The number of sulfonamides is 1. The first kappa shape index (κ1) is 22.9. The SMILES string of the molecule is CC(C)C(NS(=O)(=O)c1ccc2c(c1)oc1ccc(-c3nn[nH]n3)cc12)C(=O)OC(C)(C)C. The minimum absolute atomic E-state index is 0.0124. The number of esters is 1. The summed E-state index contributed by atoms with van der Waals surface area (Å²) in [5.41, 5.74) is 1.00. The van der Waals surface area contributed by atoms with Crippen molar-refractivity contribution in [3.05, 3.63) is 36.4 Å². The van der Waals surface area contributed by atoms with Gasteiger partial charge in [0.05, 0.1) is 4.90 Å². The molecule has 2 N–H and O–H groups in total. The lowest BCUT2D eigenvalue weighted by Gasteiger charge is -2.26. The third kappa shape index (κ3) is 4.74. The molecule has 0 amide bonds. The van der Waals surface area contributed by atoms with Crippen LogP contribution in [0.3, 0.4) is 0 Å². The lowest BCUT2D eigenvalue weighted by Crippen LogP contribution is -2.47. The van der Waals surface area contributed by atoms with Gasteiger partial charge in [0.15, 0.2) is 0 Å². The molecule has 0 bridgehead atoms. The second kappa shape index (κ2) is 8.23. The zero-order valence-electron chi connectivity index (χ0n) is 18.9. The summed E-state index contributed by atoms with van der Waals surface area (Å²) in [5, 5.41) is 15.5. The molecule has 2 aromatic heterocycles. The molecule has 10 nitrogen and oxygen atoms in total. The molecule has 2 heterocycles. The van der Waals surface area contributed by atoms with Gasteiger partial charge in [-0.15, -0.1) is 10.2 Å². The Labute approximate surface area is 190 Å². The van der Waals surface area contributed by atoms with E-state index in [1.165, 1.54) is 12.1 Å². The summed E-state index contributed by atoms with van der Waals surface area (Å²) in [4.78, 5) is 12.6. The van der Waals surface area contributed by atoms with Gasteiger partial charge in [-0.2, -0.15) is 9.94 Å². The molecular weight excluding hydrogens is 446 g/mol. The largest absolute Gasteiger partial charge is 0.459 e. The number of carbonyl (C=O) groups excluding carboxylic acids is 1. The Bertz CT molecular complexity index is 1420. The predicted octanol–water partition coefficient (Wildman–Crippen LogP) is 3.41. The number of hydrogen-bond acceptors (Lipinski definition) is 8. The first-order chi connectivity index (χ1) is 15.4. The fourth-order valence-corrected chi connectivity index (χ4v) is 4.75. The van der Waals surface area contributed by atoms with Crippen molar-refractivity contribution < 1.29 is 22.4 Å². The highest BCUT2D eigenvalue weighted by Gasteiger charge is 2.32. The molecular formula is C22H25N5O5S. The van der Waals surface area contributed by atoms with Crippen LogP contribution in [0.4, 0.5) is 0 Å². The number of H-pyrrole nitrogens is 1. The molecule has 4 aromatic rings. The molecule has 174 valence electrons. The van der Waals surface area contributed by atoms with Gasteiger partial charge in [-0.1, -0.05) is 13.8 Å². The van der Waals surface area contributed by atoms with Crippen LogP contribution in [0.25, 0.3) is 33.3 Å². The first-order valence-corrected chi connectivity index (χ1v) is 11.9. The van der Waals surface area contributed by atoms with Crippen LogP contribution in [0, 0.1) is 5.92 Å². The Balaban J connectivity index is 1.68. The van der Waals surface area contributed by atoms with Gasteiger partial charge >= 0.3 is 5.97 Å². The number of nitrogens with one attached hydrogen (secondary N) is 2. The Morgan fingerprint density at radius 3 is 2.48 bits per heavy atom. The van der Waals surface area contributed by atoms with E-state index in [4.69, 9.17) is 9.15 Å². The zero-order valence-corrected chi connectivity index (χ0v) is 19.7. The Morgan fingerprint density at radius 1 is 1.09 bits per heavy atom. The molecule has 0 fully saturated rings. The van der Waals surface area contributed by atoms with E-state index in [-0.39, 0.29) is 10.8 Å². The molecule has 0 aliphatic heterocycles. The summed E-state index contributed by atoms with van der Waals surface area (Å²) >= 11 is 0. The van der Waals surface area contributed by atoms with Crippen LogP contribution in [-0.4, -0.2) is 46.7 Å². The summed E-state index contributed by atoms with van der Waals surface area (Å²) in [5.74, 6) is -0.496. The maximum Gasteiger partial charge on any atom is 0.324 e. The van der Waals surface area contributed by atoms with E-state index < -0.39 is 27.6 Å². The van der Waals surface area contributed by atoms with E-state index in [2.05, 4.69) is 25.3 Å². The van der Waals surface area contributed by atoms with Crippen LogP contribution >= 0.6 is 0 Å². The van der Waals surface area contributed by atoms with Crippen molar-refractivity contribution in [1.82, 2.24) is 25.3 Å². The first-order valence-electron chi connectivity index (χ1n) is 10.4. The van der Waals surface area contributed by atoms with Crippen LogP contribution in [-0.2, 0) is 19.6 Å². The van der Waals surface area contributed by atoms with Gasteiger partial charge in [0.1, 0.15) is 22.8 Å². The van der Waals surface area contributed by atoms with E-state index in [0.717, 1.165) is 16.3 Å². The molecule has 4 rings (SSSR count). The molecule has 0 aliphatic rings. The summed E-state index contributed by atoms with van der Waals surface area (Å²) in [6.07, 6.45) is 0. The number of aromatic nitrogens is 4. The van der Waals surface area contributed by atoms with Crippen LogP contribution in [0.1, 0.15) is 34.6 Å². The van der Waals surface area contributed by atoms with Gasteiger partial charge in [-0.3, -0.25) is 4.79 Å². The summed E-state index contributed by atoms with van der Waals surface area (Å²) in [6, 6.07) is 8.99. The van der Waals surface area contributed by atoms with Crippen molar-refractivity contribution in [3.63, 3.8) is 0 Å². The van der Waals surface area contributed by atoms with E-state index in [1.54, 1.807) is 52.8 Å². The Morgan fingerprint density at radius 2 is 1.85 bits per heavy atom. The number of ether oxygens (including phenoxy) is 1. The molecule has 0 saturated heterocycles. The van der Waals surface area contributed by atoms with E-state index in [9.17, 15) is 13.2 Å². The van der Waals surface area contributed by atoms with Crippen molar-refractivity contribution in [3.8, 4) is 11.4 Å². The maximum absolute atomic E-state index is 13.1. The summed E-state index contributed by atoms with van der Waals surface area (Å²) in [7, 11) is -4.02. The van der Waals surface area contributed by atoms with Crippen molar-refractivity contribution >= 4 is 37.9 Å². The average molecular weight is 472 g/mol. The fraction of sp³-hybridized carbons (Fsp3) is 0.364. The molecule has 1 unspecified atom stereocenters. The van der Waals surface area contributed by atoms with Crippen LogP contribution in [0.5, 0.6) is 0 Å². The van der Waals surface area contributed by atoms with Gasteiger partial charge in [-0.05, 0) is 62.2 Å². The van der Waals surface area contributed by atoms with Crippen molar-refractivity contribution in [2.75, 3.05) is 0 Å². The number of hydrogen-bond donors (Lipinski definition) is 2. The zero-order chi connectivity index (χ0) is 24.0. The third-order valence-corrected chi connectivity index (χ3v) is 6.40. The van der Waals surface area contributed by atoms with Crippen molar-refractivity contribution in [2.24, 2.45) is 5.92 Å². The van der Waals surface area contributed by atoms with Crippen LogP contribution < -0.4 is 4.72 Å². The maximum atomic E-state index is 13.1. The van der Waals surface area contributed by atoms with Crippen LogP contribution in [0.15, 0.2) is 45.7 Å². The topological polar surface area (TPSA) is 140 Å². The number of nitrogens with zero attached hydrogens (tertiary/aromatic N) is 3. The standard InChI is InChI=1S/C22H25N5O5S/c1-12(2)19(21(28)32-22(3,4)5)25-33(29,30)14-7-8-15-16-10-13(20-23-26-27-24-20)6-9-17(16)31-18(15)11-14/h6-12,19,25H,1-5H3,(H,23,24,26,27). The second-order valence-corrected chi connectivity index (χ2v) is 10.8. The molecule has 0 aliphatic carbocycles. The minimum Gasteiger partial charge on any atom is -0.459 e. The molecule has 2 aromatic carbocycles. The number of furan rings is 1. The smallest absolute Gasteiger partial charge is 0.324 e. The molecule has 11 heteroatoms. The molecule has 0 saturated carbocycles. The fourth-order valence-electron chi connectivity index (χ4n) is 3.40. The summed E-state index contributed by atoms with van der Waals surface area (Å²) < 4.78 is 40.0. The highest BCUT2D eigenvalue weighted by Crippen LogP contribution is 2.32. The molecule has 0 spiro atoms. The lowest BCUT2D eigenvalue weighted by atomic mass is 10.1. The quantitative estimate of drug-likeness (QED) is 0.408. The highest BCUT2D eigenvalue weighted by atomic mass is 32.2.